The van der Waals surface area contributed by atoms with Gasteiger partial charge in [-0.15, -0.1) is 0 Å². The molecule has 4 N–H and O–H groups in total. The second-order valence-corrected chi connectivity index (χ2v) is 3.30. The van der Waals surface area contributed by atoms with E-state index < -0.39 is 0 Å². The van der Waals surface area contributed by atoms with Crippen molar-refractivity contribution < 1.29 is 5.11 Å². The highest BCUT2D eigenvalue weighted by Crippen LogP contribution is 2.13. The number of nitrogens with two attached hydrogens (primary N) is 1. The number of hydrogen-bond donors (Lipinski definition) is 3. The smallest absolute Gasteiger partial charge is 0.165 e. The Hall–Kier alpha value is -1.80. The number of nitrogen functional groups attached to an aromatic ring is 1. The molecule has 80 valence electrons. The predicted molar refractivity (Wildman–Crippen MR) is 58.2 cm³/mol. The third-order valence-electron chi connectivity index (χ3n) is 1.99. The van der Waals surface area contributed by atoms with Crippen molar-refractivity contribution in [3.63, 3.8) is 0 Å². The Kier molecular flexibility index (Phi) is 3.89. The molecule has 0 radical (unpaired) electrons. The molecule has 1 rings (SSSR count). The van der Waals surface area contributed by atoms with Crippen LogP contribution in [0.1, 0.15) is 19.0 Å². The number of aliphatic hydroxyl groups excluding tert-OH is 1. The van der Waals surface area contributed by atoms with E-state index >= 15 is 0 Å². The molecule has 0 fully saturated rings. The Morgan fingerprint density at radius 1 is 1.67 bits per heavy atom. The maximum absolute atomic E-state index is 8.73. The van der Waals surface area contributed by atoms with Crippen LogP contribution in [0.25, 0.3) is 0 Å². The van der Waals surface area contributed by atoms with Crippen LogP contribution in [-0.4, -0.2) is 22.7 Å². The molecule has 1 unspecified atom stereocenters. The van der Waals surface area contributed by atoms with Gasteiger partial charge in [0.2, 0.25) is 0 Å². The second kappa shape index (κ2) is 5.17. The zero-order valence-corrected chi connectivity index (χ0v) is 8.57. The van der Waals surface area contributed by atoms with E-state index in [1.807, 2.05) is 13.0 Å². The van der Waals surface area contributed by atoms with Gasteiger partial charge in [-0.1, -0.05) is 0 Å². The van der Waals surface area contributed by atoms with Crippen molar-refractivity contribution in [2.45, 2.75) is 19.4 Å². The minimum atomic E-state index is 0.109. The third-order valence-corrected chi connectivity index (χ3v) is 1.99. The molecule has 1 aromatic heterocycles. The van der Waals surface area contributed by atoms with Crippen molar-refractivity contribution in [2.24, 2.45) is 0 Å². The molecule has 0 aromatic carbocycles. The summed E-state index contributed by atoms with van der Waals surface area (Å²) >= 11 is 0. The first-order valence-corrected chi connectivity index (χ1v) is 4.71. The van der Waals surface area contributed by atoms with Gasteiger partial charge in [0.25, 0.3) is 0 Å². The zero-order chi connectivity index (χ0) is 11.3. The van der Waals surface area contributed by atoms with E-state index in [1.54, 1.807) is 12.1 Å². The topological polar surface area (TPSA) is 95.0 Å². The Balaban J connectivity index is 2.75. The number of hydrogen-bond acceptors (Lipinski definition) is 5. The Bertz CT molecular complexity index is 372. The maximum atomic E-state index is 8.73. The maximum Gasteiger partial charge on any atom is 0.165 e. The summed E-state index contributed by atoms with van der Waals surface area (Å²) in [5, 5.41) is 20.5. The summed E-state index contributed by atoms with van der Waals surface area (Å²) < 4.78 is 0. The van der Waals surface area contributed by atoms with Gasteiger partial charge in [-0.2, -0.15) is 5.26 Å². The van der Waals surface area contributed by atoms with Gasteiger partial charge < -0.3 is 16.2 Å². The summed E-state index contributed by atoms with van der Waals surface area (Å²) in [4.78, 5) is 4.03. The van der Waals surface area contributed by atoms with Crippen LogP contribution in [0.2, 0.25) is 0 Å². The molecule has 0 aliphatic carbocycles. The number of aliphatic hydroxyl groups is 1. The van der Waals surface area contributed by atoms with E-state index in [1.165, 1.54) is 0 Å². The summed E-state index contributed by atoms with van der Waals surface area (Å²) in [5.74, 6) is 0.599. The zero-order valence-electron chi connectivity index (χ0n) is 8.57. The van der Waals surface area contributed by atoms with Gasteiger partial charge in [-0.05, 0) is 25.5 Å². The lowest BCUT2D eigenvalue weighted by Crippen LogP contribution is -2.17. The van der Waals surface area contributed by atoms with E-state index in [9.17, 15) is 0 Å². The molecular formula is C10H14N4O. The Morgan fingerprint density at radius 2 is 2.40 bits per heavy atom. The fourth-order valence-corrected chi connectivity index (χ4v) is 1.16. The minimum Gasteiger partial charge on any atom is -0.396 e. The summed E-state index contributed by atoms with van der Waals surface area (Å²) in [6, 6.07) is 5.38. The molecule has 0 aliphatic heterocycles. The SMILES string of the molecule is CC(CCO)Nc1ccc(N)c(C#N)n1. The molecule has 0 aliphatic rings. The first-order valence-electron chi connectivity index (χ1n) is 4.71. The van der Waals surface area contributed by atoms with Crippen molar-refractivity contribution in [1.29, 1.82) is 5.26 Å². The van der Waals surface area contributed by atoms with E-state index in [4.69, 9.17) is 16.1 Å². The highest BCUT2D eigenvalue weighted by atomic mass is 16.3. The molecule has 1 atom stereocenters. The lowest BCUT2D eigenvalue weighted by Gasteiger charge is -2.13. The standard InChI is InChI=1S/C10H14N4O/c1-7(4-5-15)13-10-3-2-8(12)9(6-11)14-10/h2-3,7,15H,4-5,12H2,1H3,(H,13,14). The summed E-state index contributed by atoms with van der Waals surface area (Å²) in [6.07, 6.45) is 0.633. The average molecular weight is 206 g/mol. The minimum absolute atomic E-state index is 0.109. The second-order valence-electron chi connectivity index (χ2n) is 3.30. The molecule has 0 bridgehead atoms. The van der Waals surface area contributed by atoms with Gasteiger partial charge in [0, 0.05) is 12.6 Å². The van der Waals surface area contributed by atoms with E-state index in [2.05, 4.69) is 10.3 Å². The van der Waals surface area contributed by atoms with Crippen molar-refractivity contribution in [1.82, 2.24) is 4.98 Å². The van der Waals surface area contributed by atoms with Gasteiger partial charge in [0.15, 0.2) is 5.69 Å². The first-order chi connectivity index (χ1) is 7.17. The molecule has 5 heteroatoms. The summed E-state index contributed by atoms with van der Waals surface area (Å²) in [5.41, 5.74) is 6.13. The van der Waals surface area contributed by atoms with Crippen LogP contribution in [-0.2, 0) is 0 Å². The van der Waals surface area contributed by atoms with Crippen LogP contribution in [0.3, 0.4) is 0 Å². The third kappa shape index (κ3) is 3.11. The van der Waals surface area contributed by atoms with Gasteiger partial charge in [-0.3, -0.25) is 0 Å². The van der Waals surface area contributed by atoms with Crippen molar-refractivity contribution in [3.05, 3.63) is 17.8 Å². The molecule has 15 heavy (non-hydrogen) atoms. The molecule has 1 aromatic rings. The first kappa shape index (κ1) is 11.3. The van der Waals surface area contributed by atoms with E-state index in [-0.39, 0.29) is 18.3 Å². The van der Waals surface area contributed by atoms with Gasteiger partial charge in [0.1, 0.15) is 11.9 Å². The van der Waals surface area contributed by atoms with E-state index in [0.29, 0.717) is 17.9 Å². The average Bonchev–Trinajstić information content (AvgIpc) is 2.21. The highest BCUT2D eigenvalue weighted by Gasteiger charge is 2.05. The summed E-state index contributed by atoms with van der Waals surface area (Å²) in [7, 11) is 0. The van der Waals surface area contributed by atoms with E-state index in [0.717, 1.165) is 0 Å². The van der Waals surface area contributed by atoms with Crippen LogP contribution in [0, 0.1) is 11.3 Å². The summed E-state index contributed by atoms with van der Waals surface area (Å²) in [6.45, 7) is 2.05. The number of pyridine rings is 1. The number of anilines is 2. The molecule has 0 saturated carbocycles. The fourth-order valence-electron chi connectivity index (χ4n) is 1.16. The molecule has 1 heterocycles. The lowest BCUT2D eigenvalue weighted by molar-refractivity contribution is 0.282. The number of rotatable bonds is 4. The van der Waals surface area contributed by atoms with Crippen molar-refractivity contribution in [3.8, 4) is 6.07 Å². The Morgan fingerprint density at radius 3 is 3.00 bits per heavy atom. The predicted octanol–water partition coefficient (Wildman–Crippen LogP) is 0.718. The number of nitriles is 1. The highest BCUT2D eigenvalue weighted by molar-refractivity contribution is 5.54. The molecule has 0 saturated heterocycles. The van der Waals surface area contributed by atoms with Crippen LogP contribution >= 0.6 is 0 Å². The lowest BCUT2D eigenvalue weighted by atomic mass is 10.2. The van der Waals surface area contributed by atoms with Crippen molar-refractivity contribution >= 4 is 11.5 Å². The van der Waals surface area contributed by atoms with Gasteiger partial charge in [0.05, 0.1) is 5.69 Å². The molecular weight excluding hydrogens is 192 g/mol. The van der Waals surface area contributed by atoms with Crippen LogP contribution in [0.15, 0.2) is 12.1 Å². The van der Waals surface area contributed by atoms with Crippen molar-refractivity contribution in [2.75, 3.05) is 17.7 Å². The van der Waals surface area contributed by atoms with Gasteiger partial charge >= 0.3 is 0 Å². The molecule has 0 amide bonds. The fraction of sp³-hybridized carbons (Fsp3) is 0.400. The van der Waals surface area contributed by atoms with Crippen LogP contribution in [0.5, 0.6) is 0 Å². The van der Waals surface area contributed by atoms with Crippen LogP contribution < -0.4 is 11.1 Å². The number of nitrogens with one attached hydrogen (secondary N) is 1. The molecule has 0 spiro atoms. The largest absolute Gasteiger partial charge is 0.396 e. The number of nitrogens with zero attached hydrogens (tertiary/aromatic N) is 2. The monoisotopic (exact) mass is 206 g/mol. The van der Waals surface area contributed by atoms with Crippen LogP contribution in [0.4, 0.5) is 11.5 Å². The molecule has 5 nitrogen and oxygen atoms in total. The Labute approximate surface area is 88.6 Å². The quantitative estimate of drug-likeness (QED) is 0.674. The number of aromatic nitrogens is 1. The normalized spacial score (nSPS) is 11.8. The van der Waals surface area contributed by atoms with Gasteiger partial charge in [-0.25, -0.2) is 4.98 Å².